The van der Waals surface area contributed by atoms with Crippen molar-refractivity contribution in [3.8, 4) is 0 Å². The average Bonchev–Trinajstić information content (AvgIpc) is 2.86. The Kier molecular flexibility index (Phi) is 4.56. The van der Waals surface area contributed by atoms with E-state index in [9.17, 15) is 0 Å². The van der Waals surface area contributed by atoms with Gasteiger partial charge in [0.2, 0.25) is 0 Å². The number of nitrogens with zero attached hydrogens (tertiary/aromatic N) is 2. The van der Waals surface area contributed by atoms with Crippen LogP contribution >= 0.6 is 0 Å². The highest BCUT2D eigenvalue weighted by Crippen LogP contribution is 2.40. The molecule has 0 spiro atoms. The van der Waals surface area contributed by atoms with Crippen molar-refractivity contribution in [2.24, 2.45) is 5.92 Å². The van der Waals surface area contributed by atoms with Gasteiger partial charge >= 0.3 is 0 Å². The van der Waals surface area contributed by atoms with Crippen LogP contribution in [0.4, 0.5) is 5.82 Å². The fourth-order valence-corrected chi connectivity index (χ4v) is 4.34. The van der Waals surface area contributed by atoms with Crippen molar-refractivity contribution in [3.63, 3.8) is 0 Å². The van der Waals surface area contributed by atoms with E-state index in [1.165, 1.54) is 69.3 Å². The van der Waals surface area contributed by atoms with Crippen molar-refractivity contribution in [2.45, 2.75) is 90.0 Å². The molecule has 0 saturated heterocycles. The lowest BCUT2D eigenvalue weighted by Gasteiger charge is -2.25. The molecular formula is C18H31N3. The molecule has 0 bridgehead atoms. The van der Waals surface area contributed by atoms with Crippen molar-refractivity contribution in [3.05, 3.63) is 11.5 Å². The first kappa shape index (κ1) is 14.9. The van der Waals surface area contributed by atoms with Gasteiger partial charge in [-0.1, -0.05) is 39.0 Å². The van der Waals surface area contributed by atoms with Crippen molar-refractivity contribution < 1.29 is 0 Å². The quantitative estimate of drug-likeness (QED) is 0.866. The van der Waals surface area contributed by atoms with E-state index in [0.29, 0.717) is 11.8 Å². The van der Waals surface area contributed by atoms with E-state index in [0.717, 1.165) is 18.3 Å². The van der Waals surface area contributed by atoms with Gasteiger partial charge in [0.05, 0.1) is 5.69 Å². The van der Waals surface area contributed by atoms with Crippen LogP contribution in [0.5, 0.6) is 0 Å². The third-order valence-corrected chi connectivity index (χ3v) is 5.75. The molecule has 2 saturated carbocycles. The van der Waals surface area contributed by atoms with Gasteiger partial charge in [0.25, 0.3) is 0 Å². The topological polar surface area (TPSA) is 43.8 Å². The summed E-state index contributed by atoms with van der Waals surface area (Å²) in [6.45, 7) is 5.54. The highest BCUT2D eigenvalue weighted by Gasteiger charge is 2.28. The number of imidazole rings is 1. The Hall–Kier alpha value is -0.990. The van der Waals surface area contributed by atoms with Crippen LogP contribution in [0.25, 0.3) is 0 Å². The SMILES string of the molecule is CCn1c(C2CCCCC2)nc(C2CCC(C)CC2)c1N. The molecule has 2 fully saturated rings. The fraction of sp³-hybridized carbons (Fsp3) is 0.833. The van der Waals surface area contributed by atoms with Gasteiger partial charge in [-0.25, -0.2) is 4.98 Å². The summed E-state index contributed by atoms with van der Waals surface area (Å²) in [5, 5.41) is 0. The zero-order valence-corrected chi connectivity index (χ0v) is 13.8. The van der Waals surface area contributed by atoms with Gasteiger partial charge in [-0.3, -0.25) is 0 Å². The normalized spacial score (nSPS) is 27.9. The first-order valence-electron chi connectivity index (χ1n) is 9.06. The Morgan fingerprint density at radius 2 is 1.67 bits per heavy atom. The monoisotopic (exact) mass is 289 g/mol. The van der Waals surface area contributed by atoms with Crippen molar-refractivity contribution in [1.29, 1.82) is 0 Å². The molecule has 3 nitrogen and oxygen atoms in total. The molecule has 0 radical (unpaired) electrons. The molecule has 0 aliphatic heterocycles. The summed E-state index contributed by atoms with van der Waals surface area (Å²) >= 11 is 0. The van der Waals surface area contributed by atoms with Gasteiger partial charge in [0.1, 0.15) is 11.6 Å². The van der Waals surface area contributed by atoms with E-state index in [1.807, 2.05) is 0 Å². The number of hydrogen-bond acceptors (Lipinski definition) is 2. The molecule has 0 amide bonds. The Labute approximate surface area is 129 Å². The Morgan fingerprint density at radius 1 is 1.00 bits per heavy atom. The van der Waals surface area contributed by atoms with Gasteiger partial charge in [-0.15, -0.1) is 0 Å². The molecule has 0 atom stereocenters. The first-order chi connectivity index (χ1) is 10.2. The molecule has 2 aliphatic rings. The number of hydrogen-bond donors (Lipinski definition) is 1. The highest BCUT2D eigenvalue weighted by atomic mass is 15.1. The number of rotatable bonds is 3. The van der Waals surface area contributed by atoms with E-state index < -0.39 is 0 Å². The third kappa shape index (κ3) is 2.97. The summed E-state index contributed by atoms with van der Waals surface area (Å²) in [7, 11) is 0. The summed E-state index contributed by atoms with van der Waals surface area (Å²) in [5.74, 6) is 4.41. The summed E-state index contributed by atoms with van der Waals surface area (Å²) in [6.07, 6.45) is 11.9. The second-order valence-corrected chi connectivity index (χ2v) is 7.28. The van der Waals surface area contributed by atoms with Gasteiger partial charge in [0, 0.05) is 18.4 Å². The Balaban J connectivity index is 1.85. The third-order valence-electron chi connectivity index (χ3n) is 5.75. The number of nitrogen functional groups attached to an aromatic ring is 1. The predicted octanol–water partition coefficient (Wildman–Crippen LogP) is 4.83. The standard InChI is InChI=1S/C18H31N3/c1-3-21-17(19)16(14-11-9-13(2)10-12-14)20-18(21)15-7-5-4-6-8-15/h13-15H,3-12,19H2,1-2H3. The van der Waals surface area contributed by atoms with Crippen molar-refractivity contribution >= 4 is 5.82 Å². The summed E-state index contributed by atoms with van der Waals surface area (Å²) in [4.78, 5) is 5.09. The molecule has 2 aliphatic carbocycles. The zero-order chi connectivity index (χ0) is 14.8. The van der Waals surface area contributed by atoms with Crippen LogP contribution in [0.2, 0.25) is 0 Å². The largest absolute Gasteiger partial charge is 0.384 e. The lowest BCUT2D eigenvalue weighted by Crippen LogP contribution is -2.13. The second kappa shape index (κ2) is 6.41. The zero-order valence-electron chi connectivity index (χ0n) is 13.8. The maximum absolute atomic E-state index is 6.49. The minimum Gasteiger partial charge on any atom is -0.384 e. The van der Waals surface area contributed by atoms with E-state index in [-0.39, 0.29) is 0 Å². The van der Waals surface area contributed by atoms with E-state index >= 15 is 0 Å². The average molecular weight is 289 g/mol. The number of aromatic nitrogens is 2. The Bertz CT molecular complexity index is 463. The molecule has 21 heavy (non-hydrogen) atoms. The predicted molar refractivity (Wildman–Crippen MR) is 88.5 cm³/mol. The minimum atomic E-state index is 0.608. The van der Waals surface area contributed by atoms with E-state index in [4.69, 9.17) is 10.7 Å². The molecular weight excluding hydrogens is 258 g/mol. The van der Waals surface area contributed by atoms with Gasteiger partial charge in [-0.05, 0) is 38.5 Å². The Morgan fingerprint density at radius 3 is 2.29 bits per heavy atom. The van der Waals surface area contributed by atoms with Crippen molar-refractivity contribution in [2.75, 3.05) is 5.73 Å². The minimum absolute atomic E-state index is 0.608. The maximum atomic E-state index is 6.49. The molecule has 0 aromatic carbocycles. The number of anilines is 1. The van der Waals surface area contributed by atoms with Crippen LogP contribution in [0.3, 0.4) is 0 Å². The molecule has 1 heterocycles. The van der Waals surface area contributed by atoms with Crippen molar-refractivity contribution in [1.82, 2.24) is 9.55 Å². The van der Waals surface area contributed by atoms with E-state index in [2.05, 4.69) is 18.4 Å². The molecule has 3 rings (SSSR count). The fourth-order valence-electron chi connectivity index (χ4n) is 4.34. The van der Waals surface area contributed by atoms with Crippen LogP contribution in [0.1, 0.15) is 95.0 Å². The molecule has 3 heteroatoms. The van der Waals surface area contributed by atoms with Crippen LogP contribution in [0, 0.1) is 5.92 Å². The second-order valence-electron chi connectivity index (χ2n) is 7.28. The van der Waals surface area contributed by atoms with E-state index in [1.54, 1.807) is 0 Å². The summed E-state index contributed by atoms with van der Waals surface area (Å²) in [5.41, 5.74) is 7.71. The molecule has 2 N–H and O–H groups in total. The van der Waals surface area contributed by atoms with Gasteiger partial charge in [-0.2, -0.15) is 0 Å². The maximum Gasteiger partial charge on any atom is 0.127 e. The number of nitrogens with two attached hydrogens (primary N) is 1. The molecule has 118 valence electrons. The van der Waals surface area contributed by atoms with Gasteiger partial charge < -0.3 is 10.3 Å². The summed E-state index contributed by atoms with van der Waals surface area (Å²) < 4.78 is 2.31. The summed E-state index contributed by atoms with van der Waals surface area (Å²) in [6, 6.07) is 0. The van der Waals surface area contributed by atoms with Gasteiger partial charge in [0.15, 0.2) is 0 Å². The smallest absolute Gasteiger partial charge is 0.127 e. The van der Waals surface area contributed by atoms with Crippen LogP contribution in [-0.2, 0) is 6.54 Å². The first-order valence-corrected chi connectivity index (χ1v) is 9.06. The molecule has 0 unspecified atom stereocenters. The lowest BCUT2D eigenvalue weighted by atomic mass is 9.81. The highest BCUT2D eigenvalue weighted by molar-refractivity contribution is 5.41. The van der Waals surface area contributed by atoms with Crippen LogP contribution in [0.15, 0.2) is 0 Å². The van der Waals surface area contributed by atoms with Crippen LogP contribution < -0.4 is 5.73 Å². The van der Waals surface area contributed by atoms with Crippen LogP contribution in [-0.4, -0.2) is 9.55 Å². The lowest BCUT2D eigenvalue weighted by molar-refractivity contribution is 0.344. The molecule has 1 aromatic rings. The molecule has 1 aromatic heterocycles.